The number of pyridine rings is 1. The molecule has 0 aliphatic heterocycles. The maximum atomic E-state index is 5.16. The number of nitrogens with zero attached hydrogens (tertiary/aromatic N) is 4. The van der Waals surface area contributed by atoms with E-state index < -0.39 is 0 Å². The van der Waals surface area contributed by atoms with Gasteiger partial charge in [-0.1, -0.05) is 170 Å². The van der Waals surface area contributed by atoms with E-state index in [0.717, 1.165) is 67.0 Å². The Balaban J connectivity index is 1.09. The van der Waals surface area contributed by atoms with E-state index in [4.69, 9.17) is 19.9 Å². The highest BCUT2D eigenvalue weighted by Crippen LogP contribution is 2.39. The SMILES string of the molecule is Cc1cccc(-c2cccc(-c3ccc(-c4cc(-c5ccc6c7ccccc7c7ccccc7c6c5)cc(-c5nc(-c6ccccc6)nc(-c6ccccc6)n5)c4)cc3)c2)n1. The molecule has 2 heterocycles. The van der Waals surface area contributed by atoms with Gasteiger partial charge in [0.25, 0.3) is 0 Å². The van der Waals surface area contributed by atoms with E-state index in [0.29, 0.717) is 17.5 Å². The van der Waals surface area contributed by atoms with Gasteiger partial charge in [-0.3, -0.25) is 4.98 Å². The molecule has 11 aromatic rings. The van der Waals surface area contributed by atoms with Crippen molar-refractivity contribution in [2.75, 3.05) is 0 Å². The molecule has 0 amide bonds. The molecule has 9 aromatic carbocycles. The van der Waals surface area contributed by atoms with Gasteiger partial charge < -0.3 is 0 Å². The van der Waals surface area contributed by atoms with Gasteiger partial charge in [0.15, 0.2) is 17.5 Å². The van der Waals surface area contributed by atoms with Gasteiger partial charge in [-0.2, -0.15) is 0 Å². The van der Waals surface area contributed by atoms with Gasteiger partial charge >= 0.3 is 0 Å². The van der Waals surface area contributed by atoms with Gasteiger partial charge in [0, 0.05) is 27.9 Å². The molecule has 0 radical (unpaired) electrons. The number of aromatic nitrogens is 4. The fourth-order valence-electron chi connectivity index (χ4n) is 8.53. The average molecular weight is 779 g/mol. The van der Waals surface area contributed by atoms with Gasteiger partial charge in [-0.15, -0.1) is 0 Å². The zero-order valence-electron chi connectivity index (χ0n) is 33.5. The number of hydrogen-bond donors (Lipinski definition) is 0. The van der Waals surface area contributed by atoms with Crippen molar-refractivity contribution in [3.05, 3.63) is 218 Å². The first-order chi connectivity index (χ1) is 30.1. The average Bonchev–Trinajstić information content (AvgIpc) is 3.34. The van der Waals surface area contributed by atoms with E-state index in [1.54, 1.807) is 0 Å². The third kappa shape index (κ3) is 6.90. The third-order valence-corrected chi connectivity index (χ3v) is 11.6. The van der Waals surface area contributed by atoms with Gasteiger partial charge in [0.2, 0.25) is 0 Å². The fourth-order valence-corrected chi connectivity index (χ4v) is 8.53. The molecule has 0 N–H and O–H groups in total. The van der Waals surface area contributed by atoms with Crippen LogP contribution in [-0.4, -0.2) is 19.9 Å². The summed E-state index contributed by atoms with van der Waals surface area (Å²) in [5.74, 6) is 1.88. The van der Waals surface area contributed by atoms with Crippen LogP contribution in [-0.2, 0) is 0 Å². The first-order valence-corrected chi connectivity index (χ1v) is 20.6. The summed E-state index contributed by atoms with van der Waals surface area (Å²) in [6.45, 7) is 2.03. The van der Waals surface area contributed by atoms with Crippen molar-refractivity contribution in [3.8, 4) is 78.8 Å². The van der Waals surface area contributed by atoms with E-state index in [9.17, 15) is 0 Å². The van der Waals surface area contributed by atoms with Crippen LogP contribution in [0.15, 0.2) is 212 Å². The van der Waals surface area contributed by atoms with Crippen LogP contribution < -0.4 is 0 Å². The van der Waals surface area contributed by atoms with Gasteiger partial charge in [0.05, 0.1) is 5.69 Å². The molecule has 0 spiro atoms. The summed E-state index contributed by atoms with van der Waals surface area (Å²) < 4.78 is 0. The number of hydrogen-bond acceptors (Lipinski definition) is 4. The van der Waals surface area contributed by atoms with Crippen LogP contribution in [0.1, 0.15) is 5.69 Å². The first-order valence-electron chi connectivity index (χ1n) is 20.6. The summed E-state index contributed by atoms with van der Waals surface area (Å²) in [6, 6.07) is 75.0. The van der Waals surface area contributed by atoms with Crippen LogP contribution in [0.25, 0.3) is 111 Å². The Labute approximate surface area is 354 Å². The molecule has 11 rings (SSSR count). The lowest BCUT2D eigenvalue weighted by molar-refractivity contribution is 1.07. The molecule has 4 nitrogen and oxygen atoms in total. The van der Waals surface area contributed by atoms with Crippen molar-refractivity contribution in [1.82, 2.24) is 19.9 Å². The van der Waals surface area contributed by atoms with Crippen molar-refractivity contribution < 1.29 is 0 Å². The Morgan fingerprint density at radius 3 is 1.21 bits per heavy atom. The lowest BCUT2D eigenvalue weighted by Crippen LogP contribution is -2.00. The second-order valence-corrected chi connectivity index (χ2v) is 15.5. The molecule has 0 saturated carbocycles. The summed E-state index contributed by atoms with van der Waals surface area (Å²) in [4.78, 5) is 20.1. The van der Waals surface area contributed by atoms with Gasteiger partial charge in [0.1, 0.15) is 0 Å². The van der Waals surface area contributed by atoms with Crippen LogP contribution in [0.2, 0.25) is 0 Å². The summed E-state index contributed by atoms with van der Waals surface area (Å²) >= 11 is 0. The van der Waals surface area contributed by atoms with Crippen LogP contribution in [0, 0.1) is 6.92 Å². The Morgan fingerprint density at radius 1 is 0.230 bits per heavy atom. The lowest BCUT2D eigenvalue weighted by Gasteiger charge is -2.15. The number of aryl methyl sites for hydroxylation is 1. The minimum Gasteiger partial charge on any atom is -0.253 e. The third-order valence-electron chi connectivity index (χ3n) is 11.6. The minimum atomic E-state index is 0.617. The summed E-state index contributed by atoms with van der Waals surface area (Å²) in [6.07, 6.45) is 0. The summed E-state index contributed by atoms with van der Waals surface area (Å²) in [5.41, 5.74) is 12.5. The molecule has 0 unspecified atom stereocenters. The maximum absolute atomic E-state index is 5.16. The predicted octanol–water partition coefficient (Wildman–Crippen LogP) is 14.7. The molecule has 0 aliphatic rings. The topological polar surface area (TPSA) is 51.6 Å². The molecular formula is C57H38N4. The number of rotatable bonds is 7. The zero-order chi connectivity index (χ0) is 40.7. The zero-order valence-corrected chi connectivity index (χ0v) is 33.5. The van der Waals surface area contributed by atoms with Crippen molar-refractivity contribution in [2.45, 2.75) is 6.92 Å². The quantitative estimate of drug-likeness (QED) is 0.151. The Bertz CT molecular complexity index is 3320. The second-order valence-electron chi connectivity index (χ2n) is 15.5. The molecule has 61 heavy (non-hydrogen) atoms. The van der Waals surface area contributed by atoms with E-state index >= 15 is 0 Å². The lowest BCUT2D eigenvalue weighted by atomic mass is 9.90. The molecule has 4 heteroatoms. The van der Waals surface area contributed by atoms with E-state index in [-0.39, 0.29) is 0 Å². The van der Waals surface area contributed by atoms with Crippen molar-refractivity contribution in [1.29, 1.82) is 0 Å². The molecule has 286 valence electrons. The Hall–Kier alpha value is -8.08. The molecule has 2 aromatic heterocycles. The van der Waals surface area contributed by atoms with Crippen LogP contribution in [0.3, 0.4) is 0 Å². The largest absolute Gasteiger partial charge is 0.253 e. The fraction of sp³-hybridized carbons (Fsp3) is 0.0175. The molecule has 0 bridgehead atoms. The van der Waals surface area contributed by atoms with Crippen LogP contribution in [0.4, 0.5) is 0 Å². The number of fused-ring (bicyclic) bond motifs is 6. The van der Waals surface area contributed by atoms with Crippen molar-refractivity contribution in [3.63, 3.8) is 0 Å². The van der Waals surface area contributed by atoms with Crippen LogP contribution in [0.5, 0.6) is 0 Å². The Kier molecular flexibility index (Phi) is 9.02. The van der Waals surface area contributed by atoms with Gasteiger partial charge in [-0.05, 0) is 115 Å². The molecule has 0 saturated heterocycles. The normalized spacial score (nSPS) is 11.4. The summed E-state index contributed by atoms with van der Waals surface area (Å²) in [7, 11) is 0. The highest BCUT2D eigenvalue weighted by molar-refractivity contribution is 6.25. The van der Waals surface area contributed by atoms with Crippen molar-refractivity contribution in [2.24, 2.45) is 0 Å². The molecule has 0 fully saturated rings. The first kappa shape index (κ1) is 36.0. The highest BCUT2D eigenvalue weighted by Gasteiger charge is 2.16. The molecular weight excluding hydrogens is 741 g/mol. The molecule has 0 aliphatic carbocycles. The number of benzene rings is 9. The van der Waals surface area contributed by atoms with Crippen molar-refractivity contribution >= 4 is 32.3 Å². The van der Waals surface area contributed by atoms with E-state index in [1.165, 1.54) is 32.3 Å². The minimum absolute atomic E-state index is 0.617. The predicted molar refractivity (Wildman–Crippen MR) is 253 cm³/mol. The van der Waals surface area contributed by atoms with E-state index in [2.05, 4.69) is 146 Å². The van der Waals surface area contributed by atoms with Crippen LogP contribution >= 0.6 is 0 Å². The highest BCUT2D eigenvalue weighted by atomic mass is 15.0. The van der Waals surface area contributed by atoms with Gasteiger partial charge in [-0.25, -0.2) is 15.0 Å². The van der Waals surface area contributed by atoms with E-state index in [1.807, 2.05) is 73.7 Å². The monoisotopic (exact) mass is 778 g/mol. The standard InChI is InChI=1S/C57H38N4/c1-37-14-12-25-54(58-37)44-20-13-19-42(32-44)38-26-28-39(29-27-38)45-33-46(43-30-31-52-50-23-9-8-21-48(50)49-22-10-11-24-51(49)53(52)36-43)35-47(34-45)57-60-55(40-15-4-2-5-16-40)59-56(61-57)41-17-6-3-7-18-41/h2-36H,1H3. The molecule has 0 atom stereocenters. The maximum Gasteiger partial charge on any atom is 0.164 e. The smallest absolute Gasteiger partial charge is 0.164 e. The second kappa shape index (κ2) is 15.3. The summed E-state index contributed by atoms with van der Waals surface area (Å²) in [5, 5.41) is 7.48. The Morgan fingerprint density at radius 2 is 0.623 bits per heavy atom.